The van der Waals surface area contributed by atoms with Gasteiger partial charge in [-0.05, 0) is 42.5 Å². The Morgan fingerprint density at radius 2 is 1.40 bits per heavy atom. The van der Waals surface area contributed by atoms with Gasteiger partial charge in [-0.15, -0.1) is 0 Å². The number of nitrogens with zero attached hydrogens (tertiary/aromatic N) is 2. The molecule has 1 aliphatic carbocycles. The zero-order valence-corrected chi connectivity index (χ0v) is 23.9. The summed E-state index contributed by atoms with van der Waals surface area (Å²) in [5, 5.41) is 3.21. The van der Waals surface area contributed by atoms with Crippen LogP contribution in [0.2, 0.25) is 0 Å². The van der Waals surface area contributed by atoms with Gasteiger partial charge in [0.05, 0.1) is 4.90 Å². The van der Waals surface area contributed by atoms with Crippen LogP contribution in [0, 0.1) is 0 Å². The Labute approximate surface area is 238 Å². The van der Waals surface area contributed by atoms with Gasteiger partial charge in [-0.25, -0.2) is 12.7 Å². The summed E-state index contributed by atoms with van der Waals surface area (Å²) in [6.45, 7) is 0.493. The van der Waals surface area contributed by atoms with Crippen molar-refractivity contribution in [2.45, 2.75) is 68.5 Å². The second-order valence-corrected chi connectivity index (χ2v) is 12.5. The first-order valence-corrected chi connectivity index (χ1v) is 15.5. The quantitative estimate of drug-likeness (QED) is 0.325. The van der Waals surface area contributed by atoms with E-state index in [-0.39, 0.29) is 35.7 Å². The molecular formula is C32H39N3O4S. The van der Waals surface area contributed by atoms with Gasteiger partial charge in [0.15, 0.2) is 0 Å². The van der Waals surface area contributed by atoms with E-state index in [2.05, 4.69) is 5.32 Å². The summed E-state index contributed by atoms with van der Waals surface area (Å²) < 4.78 is 27.1. The van der Waals surface area contributed by atoms with Gasteiger partial charge in [-0.2, -0.15) is 0 Å². The second-order valence-electron chi connectivity index (χ2n) is 10.4. The molecule has 3 aromatic rings. The molecule has 1 fully saturated rings. The number of carbonyl (C=O) groups is 2. The number of hydrogen-bond acceptors (Lipinski definition) is 4. The van der Waals surface area contributed by atoms with Crippen molar-refractivity contribution in [2.75, 3.05) is 13.6 Å². The lowest BCUT2D eigenvalue weighted by Crippen LogP contribution is -2.52. The van der Waals surface area contributed by atoms with Gasteiger partial charge in [0.2, 0.25) is 21.8 Å². The average molecular weight is 562 g/mol. The number of carbonyl (C=O) groups excluding carboxylic acids is 2. The van der Waals surface area contributed by atoms with Crippen LogP contribution in [-0.2, 0) is 32.6 Å². The minimum Gasteiger partial charge on any atom is -0.352 e. The first-order chi connectivity index (χ1) is 19.3. The van der Waals surface area contributed by atoms with Gasteiger partial charge in [-0.1, -0.05) is 91.7 Å². The van der Waals surface area contributed by atoms with Crippen molar-refractivity contribution in [3.8, 4) is 0 Å². The van der Waals surface area contributed by atoms with Gasteiger partial charge >= 0.3 is 0 Å². The van der Waals surface area contributed by atoms with Gasteiger partial charge in [0, 0.05) is 39.0 Å². The Bertz CT molecular complexity index is 1330. The van der Waals surface area contributed by atoms with Crippen LogP contribution in [0.4, 0.5) is 0 Å². The van der Waals surface area contributed by atoms with Crippen molar-refractivity contribution >= 4 is 21.8 Å². The summed E-state index contributed by atoms with van der Waals surface area (Å²) in [5.41, 5.74) is 1.92. The molecule has 2 amide bonds. The van der Waals surface area contributed by atoms with Crippen LogP contribution in [0.5, 0.6) is 0 Å². The highest BCUT2D eigenvalue weighted by atomic mass is 32.2. The summed E-state index contributed by atoms with van der Waals surface area (Å²) in [5.74, 6) is -0.305. The molecule has 0 heterocycles. The predicted octanol–water partition coefficient (Wildman–Crippen LogP) is 4.79. The third-order valence-corrected chi connectivity index (χ3v) is 9.35. The minimum absolute atomic E-state index is 0.128. The molecule has 0 bridgehead atoms. The van der Waals surface area contributed by atoms with Crippen LogP contribution >= 0.6 is 0 Å². The molecule has 3 aromatic carbocycles. The van der Waals surface area contributed by atoms with Gasteiger partial charge < -0.3 is 10.2 Å². The monoisotopic (exact) mass is 561 g/mol. The van der Waals surface area contributed by atoms with Crippen LogP contribution in [0.25, 0.3) is 0 Å². The lowest BCUT2D eigenvalue weighted by Gasteiger charge is -2.32. The molecular weight excluding hydrogens is 522 g/mol. The van der Waals surface area contributed by atoms with Crippen LogP contribution < -0.4 is 5.32 Å². The van der Waals surface area contributed by atoms with E-state index in [1.165, 1.54) is 11.4 Å². The minimum atomic E-state index is -3.65. The summed E-state index contributed by atoms with van der Waals surface area (Å²) >= 11 is 0. The third-order valence-electron chi connectivity index (χ3n) is 7.48. The zero-order valence-electron chi connectivity index (χ0n) is 23.1. The van der Waals surface area contributed by atoms with Crippen molar-refractivity contribution < 1.29 is 18.0 Å². The molecule has 0 aliphatic heterocycles. The highest BCUT2D eigenvalue weighted by molar-refractivity contribution is 7.89. The van der Waals surface area contributed by atoms with Crippen molar-refractivity contribution in [1.29, 1.82) is 0 Å². The fourth-order valence-corrected chi connectivity index (χ4v) is 6.42. The van der Waals surface area contributed by atoms with E-state index < -0.39 is 16.1 Å². The largest absolute Gasteiger partial charge is 0.352 e. The normalized spacial score (nSPS) is 14.7. The molecule has 1 N–H and O–H groups in total. The first-order valence-electron chi connectivity index (χ1n) is 14.0. The molecule has 8 heteroatoms. The molecule has 0 unspecified atom stereocenters. The van der Waals surface area contributed by atoms with Crippen LogP contribution in [-0.4, -0.2) is 55.1 Å². The second kappa shape index (κ2) is 14.2. The fraction of sp³-hybridized carbons (Fsp3) is 0.375. The topological polar surface area (TPSA) is 86.8 Å². The lowest BCUT2D eigenvalue weighted by atomic mass is 10.0. The molecule has 0 radical (unpaired) electrons. The maximum Gasteiger partial charge on any atom is 0.243 e. The molecule has 0 aromatic heterocycles. The molecule has 1 aliphatic rings. The van der Waals surface area contributed by atoms with E-state index in [0.717, 1.165) is 36.8 Å². The maximum absolute atomic E-state index is 13.8. The number of benzene rings is 3. The number of hydrogen-bond donors (Lipinski definition) is 1. The Morgan fingerprint density at radius 1 is 0.850 bits per heavy atom. The molecule has 0 saturated heterocycles. The van der Waals surface area contributed by atoms with Crippen molar-refractivity contribution in [3.63, 3.8) is 0 Å². The molecule has 7 nitrogen and oxygen atoms in total. The van der Waals surface area contributed by atoms with E-state index in [4.69, 9.17) is 0 Å². The average Bonchev–Trinajstić information content (AvgIpc) is 3.49. The lowest BCUT2D eigenvalue weighted by molar-refractivity contribution is -0.141. The number of sulfonamides is 1. The molecule has 4 rings (SSSR count). The van der Waals surface area contributed by atoms with Crippen LogP contribution in [0.3, 0.4) is 0 Å². The molecule has 1 atom stereocenters. The molecule has 0 spiro atoms. The van der Waals surface area contributed by atoms with Crippen molar-refractivity contribution in [3.05, 3.63) is 102 Å². The standard InChI is InChI=1S/C32H39N3O4S/c1-34(40(38,39)29-20-9-4-10-21-29)23-13-22-31(36)35(25-27-16-7-3-8-17-27)30(24-26-14-5-2-6-15-26)32(37)33-28-18-11-12-19-28/h2-10,14-17,20-21,28,30H,11-13,18-19,22-25H2,1H3,(H,33,37)/t30-/m1/s1. The van der Waals surface area contributed by atoms with Crippen molar-refractivity contribution in [1.82, 2.24) is 14.5 Å². The summed E-state index contributed by atoms with van der Waals surface area (Å²) in [4.78, 5) is 29.4. The van der Waals surface area contributed by atoms with E-state index >= 15 is 0 Å². The summed E-state index contributed by atoms with van der Waals surface area (Å²) in [7, 11) is -2.12. The Balaban J connectivity index is 1.52. The highest BCUT2D eigenvalue weighted by Gasteiger charge is 2.32. The molecule has 40 heavy (non-hydrogen) atoms. The zero-order chi connectivity index (χ0) is 28.4. The number of nitrogens with one attached hydrogen (secondary N) is 1. The predicted molar refractivity (Wildman–Crippen MR) is 157 cm³/mol. The number of rotatable bonds is 13. The van der Waals surface area contributed by atoms with Crippen LogP contribution in [0.15, 0.2) is 95.9 Å². The molecule has 1 saturated carbocycles. The van der Waals surface area contributed by atoms with E-state index in [9.17, 15) is 18.0 Å². The van der Waals surface area contributed by atoms with E-state index in [1.54, 1.807) is 35.2 Å². The molecule has 212 valence electrons. The van der Waals surface area contributed by atoms with Crippen molar-refractivity contribution in [2.24, 2.45) is 0 Å². The fourth-order valence-electron chi connectivity index (χ4n) is 5.19. The Kier molecular flexibility index (Phi) is 10.5. The maximum atomic E-state index is 13.8. The third kappa shape index (κ3) is 8.02. The van der Waals surface area contributed by atoms with Crippen LogP contribution in [0.1, 0.15) is 49.7 Å². The smallest absolute Gasteiger partial charge is 0.243 e. The Morgan fingerprint density at radius 3 is 2.00 bits per heavy atom. The summed E-state index contributed by atoms with van der Waals surface area (Å²) in [6.07, 6.45) is 4.98. The van der Waals surface area contributed by atoms with Gasteiger partial charge in [-0.3, -0.25) is 9.59 Å². The first kappa shape index (κ1) is 29.5. The Hall–Kier alpha value is -3.49. The highest BCUT2D eigenvalue weighted by Crippen LogP contribution is 2.21. The number of amides is 2. The SMILES string of the molecule is CN(CCCC(=O)N(Cc1ccccc1)[C@H](Cc1ccccc1)C(=O)NC1CCCC1)S(=O)(=O)c1ccccc1. The summed E-state index contributed by atoms with van der Waals surface area (Å²) in [6, 6.07) is 27.2. The van der Waals surface area contributed by atoms with Gasteiger partial charge in [0.25, 0.3) is 0 Å². The van der Waals surface area contributed by atoms with E-state index in [1.807, 2.05) is 60.7 Å². The van der Waals surface area contributed by atoms with E-state index in [0.29, 0.717) is 19.4 Å². The van der Waals surface area contributed by atoms with Gasteiger partial charge in [0.1, 0.15) is 6.04 Å².